The van der Waals surface area contributed by atoms with Gasteiger partial charge in [0.15, 0.2) is 0 Å². The summed E-state index contributed by atoms with van der Waals surface area (Å²) < 4.78 is 48.6. The van der Waals surface area contributed by atoms with Crippen molar-refractivity contribution in [1.82, 2.24) is 14.7 Å². The van der Waals surface area contributed by atoms with E-state index >= 15 is 0 Å². The fourth-order valence-electron chi connectivity index (χ4n) is 4.78. The summed E-state index contributed by atoms with van der Waals surface area (Å²) >= 11 is 0. The largest absolute Gasteiger partial charge is 0.490 e. The van der Waals surface area contributed by atoms with Crippen molar-refractivity contribution in [2.75, 3.05) is 19.0 Å². The van der Waals surface area contributed by atoms with Crippen LogP contribution in [0.25, 0.3) is 10.8 Å². The van der Waals surface area contributed by atoms with Gasteiger partial charge >= 0.3 is 5.69 Å². The second-order valence-electron chi connectivity index (χ2n) is 10.1. The van der Waals surface area contributed by atoms with Crippen LogP contribution in [0.5, 0.6) is 5.75 Å². The van der Waals surface area contributed by atoms with Gasteiger partial charge in [-0.1, -0.05) is 0 Å². The Labute approximate surface area is 213 Å². The van der Waals surface area contributed by atoms with Crippen molar-refractivity contribution >= 4 is 32.3 Å². The number of aryl methyl sites for hydroxylation is 1. The molecular weight excluding hydrogens is 501 g/mol. The molecule has 0 amide bonds. The van der Waals surface area contributed by atoms with Crippen LogP contribution in [0.2, 0.25) is 0 Å². The van der Waals surface area contributed by atoms with E-state index < -0.39 is 26.7 Å². The Morgan fingerprint density at radius 2 is 1.97 bits per heavy atom. The van der Waals surface area contributed by atoms with Gasteiger partial charge in [0.25, 0.3) is 0 Å². The van der Waals surface area contributed by atoms with Gasteiger partial charge in [0, 0.05) is 47.4 Å². The van der Waals surface area contributed by atoms with Crippen molar-refractivity contribution in [2.45, 2.75) is 62.1 Å². The summed E-state index contributed by atoms with van der Waals surface area (Å²) in [5, 5.41) is 16.1. The molecule has 37 heavy (non-hydrogen) atoms. The van der Waals surface area contributed by atoms with Gasteiger partial charge in [0.2, 0.25) is 21.6 Å². The Morgan fingerprint density at radius 3 is 2.62 bits per heavy atom. The van der Waals surface area contributed by atoms with Gasteiger partial charge in [-0.05, 0) is 62.8 Å². The van der Waals surface area contributed by atoms with Crippen molar-refractivity contribution in [3.63, 3.8) is 0 Å². The maximum absolute atomic E-state index is 14.2. The van der Waals surface area contributed by atoms with E-state index in [1.54, 1.807) is 12.3 Å². The number of fused-ring (bicyclic) bond motifs is 3. The Morgan fingerprint density at radius 1 is 1.22 bits per heavy atom. The summed E-state index contributed by atoms with van der Waals surface area (Å²) in [5.74, 6) is 0.420. The predicted octanol–water partition coefficient (Wildman–Crippen LogP) is 4.55. The summed E-state index contributed by atoms with van der Waals surface area (Å²) in [6.07, 6.45) is 6.34. The van der Waals surface area contributed by atoms with Gasteiger partial charge in [-0.15, -0.1) is 0 Å². The first-order valence-corrected chi connectivity index (χ1v) is 13.5. The first-order chi connectivity index (χ1) is 17.5. The summed E-state index contributed by atoms with van der Waals surface area (Å²) in [7, 11) is -2.74. The van der Waals surface area contributed by atoms with Crippen LogP contribution in [-0.4, -0.2) is 42.6 Å². The van der Waals surface area contributed by atoms with Gasteiger partial charge in [0.1, 0.15) is 5.67 Å². The lowest BCUT2D eigenvalue weighted by molar-refractivity contribution is -0.385. The number of sulfonamides is 1. The molecule has 196 valence electrons. The fourth-order valence-corrected chi connectivity index (χ4v) is 6.21. The van der Waals surface area contributed by atoms with E-state index in [0.717, 1.165) is 24.1 Å². The zero-order valence-electron chi connectivity index (χ0n) is 20.7. The molecule has 0 aliphatic heterocycles. The molecule has 0 spiro atoms. The molecule has 3 aromatic rings. The van der Waals surface area contributed by atoms with Gasteiger partial charge in [-0.25, -0.2) is 22.5 Å². The van der Waals surface area contributed by atoms with Crippen LogP contribution >= 0.6 is 0 Å². The van der Waals surface area contributed by atoms with Crippen molar-refractivity contribution in [3.8, 4) is 5.75 Å². The first kappa shape index (κ1) is 25.3. The van der Waals surface area contributed by atoms with E-state index in [1.807, 2.05) is 6.07 Å². The molecule has 0 radical (unpaired) electrons. The molecule has 1 saturated carbocycles. The number of nitrogens with zero attached hydrogens (tertiary/aromatic N) is 3. The Kier molecular flexibility index (Phi) is 6.27. The minimum atomic E-state index is -4.08. The number of aromatic nitrogens is 2. The predicted molar refractivity (Wildman–Crippen MR) is 136 cm³/mol. The molecule has 5 rings (SSSR count). The third-order valence-corrected chi connectivity index (χ3v) is 8.22. The lowest BCUT2D eigenvalue weighted by atomic mass is 10.00. The van der Waals surface area contributed by atoms with Crippen LogP contribution in [0.15, 0.2) is 35.5 Å². The number of pyridine rings is 2. The number of hydrogen-bond acceptors (Lipinski definition) is 8. The van der Waals surface area contributed by atoms with E-state index in [0.29, 0.717) is 35.1 Å². The van der Waals surface area contributed by atoms with Gasteiger partial charge < -0.3 is 10.1 Å². The van der Waals surface area contributed by atoms with Crippen molar-refractivity contribution in [2.24, 2.45) is 0 Å². The van der Waals surface area contributed by atoms with E-state index in [-0.39, 0.29) is 28.7 Å². The number of halogens is 1. The molecule has 1 aromatic carbocycles. The average Bonchev–Trinajstić information content (AvgIpc) is 3.62. The number of nitrogens with one attached hydrogen (secondary N) is 2. The summed E-state index contributed by atoms with van der Waals surface area (Å²) in [6.45, 7) is 2.23. The monoisotopic (exact) mass is 529 g/mol. The third-order valence-electron chi connectivity index (χ3n) is 6.78. The SMILES string of the molecule is COc1ccnc(NC2CCc3c2cc(S(=O)(=O)NCC(C)(C)F)c2cc(C4CC4)ncc32)c1[N+](=O)[O-]. The van der Waals surface area contributed by atoms with Crippen LogP contribution in [0.1, 0.15) is 61.9 Å². The molecule has 1 unspecified atom stereocenters. The summed E-state index contributed by atoms with van der Waals surface area (Å²) in [5.41, 5.74) is 0.430. The average molecular weight is 530 g/mol. The number of nitro groups is 1. The van der Waals surface area contributed by atoms with Crippen molar-refractivity contribution in [3.05, 3.63) is 57.5 Å². The lowest BCUT2D eigenvalue weighted by Gasteiger charge is -2.20. The highest BCUT2D eigenvalue weighted by atomic mass is 32.2. The second-order valence-corrected chi connectivity index (χ2v) is 11.9. The number of benzene rings is 1. The molecule has 2 aliphatic carbocycles. The summed E-state index contributed by atoms with van der Waals surface area (Å²) in [4.78, 5) is 20.0. The summed E-state index contributed by atoms with van der Waals surface area (Å²) in [6, 6.07) is 4.40. The van der Waals surface area contributed by atoms with Crippen LogP contribution in [0, 0.1) is 10.1 Å². The minimum Gasteiger partial charge on any atom is -0.490 e. The molecule has 2 aromatic heterocycles. The zero-order valence-corrected chi connectivity index (χ0v) is 21.6. The highest BCUT2D eigenvalue weighted by Gasteiger charge is 2.33. The molecular formula is C25H28FN5O5S. The maximum Gasteiger partial charge on any atom is 0.352 e. The first-order valence-electron chi connectivity index (χ1n) is 12.1. The standard InChI is InChI=1S/C25H28FN5O5S/c1-25(2,26)13-29-37(34,35)22-11-16-15(18-12-28-20(10-17(18)22)14-4-5-14)6-7-19(16)30-24-23(31(32)33)21(36-3)8-9-27-24/h8-12,14,19,29H,4-7,13H2,1-3H3,(H,27,30). The molecule has 0 saturated heterocycles. The molecule has 0 bridgehead atoms. The third kappa shape index (κ3) is 4.95. The Bertz CT molecular complexity index is 1500. The number of alkyl halides is 1. The second kappa shape index (κ2) is 9.18. The van der Waals surface area contributed by atoms with E-state index in [1.165, 1.54) is 33.2 Å². The lowest BCUT2D eigenvalue weighted by Crippen LogP contribution is -2.35. The number of anilines is 1. The molecule has 12 heteroatoms. The van der Waals surface area contributed by atoms with E-state index in [9.17, 15) is 22.9 Å². The number of methoxy groups -OCH3 is 1. The molecule has 1 fully saturated rings. The molecule has 2 aliphatic rings. The van der Waals surface area contributed by atoms with Crippen LogP contribution in [-0.2, 0) is 16.4 Å². The van der Waals surface area contributed by atoms with Gasteiger partial charge in [-0.2, -0.15) is 0 Å². The molecule has 1 atom stereocenters. The molecule has 2 heterocycles. The van der Waals surface area contributed by atoms with Crippen molar-refractivity contribution < 1.29 is 22.5 Å². The van der Waals surface area contributed by atoms with E-state index in [2.05, 4.69) is 20.0 Å². The normalized spacial score (nSPS) is 17.6. The number of hydrogen-bond donors (Lipinski definition) is 2. The van der Waals surface area contributed by atoms with Crippen LogP contribution in [0.4, 0.5) is 15.9 Å². The van der Waals surface area contributed by atoms with Gasteiger partial charge in [-0.3, -0.25) is 15.1 Å². The van der Waals surface area contributed by atoms with Crippen LogP contribution < -0.4 is 14.8 Å². The van der Waals surface area contributed by atoms with E-state index in [4.69, 9.17) is 4.74 Å². The highest BCUT2D eigenvalue weighted by molar-refractivity contribution is 7.89. The van der Waals surface area contributed by atoms with Crippen LogP contribution in [0.3, 0.4) is 0 Å². The smallest absolute Gasteiger partial charge is 0.352 e. The van der Waals surface area contributed by atoms with Crippen molar-refractivity contribution in [1.29, 1.82) is 0 Å². The minimum absolute atomic E-state index is 0.0335. The quantitative estimate of drug-likeness (QED) is 0.304. The number of ether oxygens (including phenoxy) is 1. The van der Waals surface area contributed by atoms with Gasteiger partial charge in [0.05, 0.1) is 23.0 Å². The number of rotatable bonds is 9. The highest BCUT2D eigenvalue weighted by Crippen LogP contribution is 2.45. The molecule has 10 nitrogen and oxygen atoms in total. The zero-order chi connectivity index (χ0) is 26.5. The fraction of sp³-hybridized carbons (Fsp3) is 0.440. The molecule has 2 N–H and O–H groups in total. The topological polar surface area (TPSA) is 136 Å². The maximum atomic E-state index is 14.2. The Hall–Kier alpha value is -3.38. The Balaban J connectivity index is 1.62.